The van der Waals surface area contributed by atoms with Gasteiger partial charge in [-0.3, -0.25) is 0 Å². The molecule has 4 rings (SSSR count). The molecule has 27 heavy (non-hydrogen) atoms. The average molecular weight is 405 g/mol. The molecule has 2 aliphatic rings. The molecule has 0 aromatic heterocycles. The lowest BCUT2D eigenvalue weighted by atomic mass is 9.96. The Kier molecular flexibility index (Phi) is 6.41. The van der Waals surface area contributed by atoms with Crippen molar-refractivity contribution in [3.8, 4) is 0 Å². The van der Waals surface area contributed by atoms with Crippen LogP contribution in [0, 0.1) is 0 Å². The van der Waals surface area contributed by atoms with Crippen LogP contribution in [0.5, 0.6) is 0 Å². The van der Waals surface area contributed by atoms with E-state index in [1.54, 1.807) is 16.9 Å². The van der Waals surface area contributed by atoms with Crippen molar-refractivity contribution in [3.63, 3.8) is 0 Å². The molecule has 0 unspecified atom stereocenters. The lowest BCUT2D eigenvalue weighted by Gasteiger charge is -2.35. The van der Waals surface area contributed by atoms with Crippen LogP contribution in [-0.4, -0.2) is 46.4 Å². The summed E-state index contributed by atoms with van der Waals surface area (Å²) in [7, 11) is 1.79. The maximum absolute atomic E-state index is 6.41. The van der Waals surface area contributed by atoms with Crippen LogP contribution in [0.4, 0.5) is 0 Å². The fraction of sp³-hybridized carbons (Fsp3) is 0.455. The molecule has 0 amide bonds. The van der Waals surface area contributed by atoms with Gasteiger partial charge in [-0.15, -0.1) is 0 Å². The molecule has 0 radical (unpaired) electrons. The first-order chi connectivity index (χ1) is 13.2. The molecule has 144 valence electrons. The normalized spacial score (nSPS) is 24.7. The molecular formula is C22H29ClN2OS+2. The predicted molar refractivity (Wildman–Crippen MR) is 111 cm³/mol. The van der Waals surface area contributed by atoms with Crippen molar-refractivity contribution in [2.45, 2.75) is 28.7 Å². The van der Waals surface area contributed by atoms with E-state index >= 15 is 0 Å². The average Bonchev–Trinajstić information content (AvgIpc) is 2.85. The molecule has 2 aliphatic heterocycles. The van der Waals surface area contributed by atoms with Gasteiger partial charge in [-0.2, -0.15) is 0 Å². The Morgan fingerprint density at radius 1 is 1.07 bits per heavy atom. The molecule has 3 nitrogen and oxygen atoms in total. The number of benzene rings is 2. The molecule has 5 heteroatoms. The van der Waals surface area contributed by atoms with Gasteiger partial charge in [0.05, 0.1) is 13.2 Å². The van der Waals surface area contributed by atoms with Crippen molar-refractivity contribution >= 4 is 23.4 Å². The van der Waals surface area contributed by atoms with Crippen molar-refractivity contribution in [2.24, 2.45) is 0 Å². The Morgan fingerprint density at radius 3 is 2.70 bits per heavy atom. The summed E-state index contributed by atoms with van der Waals surface area (Å²) < 4.78 is 5.21. The molecule has 2 aromatic carbocycles. The highest BCUT2D eigenvalue weighted by molar-refractivity contribution is 7.99. The molecule has 2 aromatic rings. The summed E-state index contributed by atoms with van der Waals surface area (Å²) >= 11 is 8.31. The van der Waals surface area contributed by atoms with Gasteiger partial charge in [-0.1, -0.05) is 41.6 Å². The van der Waals surface area contributed by atoms with E-state index in [2.05, 4.69) is 36.4 Å². The Hall–Kier alpha value is -1.04. The molecule has 0 aliphatic carbocycles. The number of fused-ring (bicyclic) bond motifs is 2. The lowest BCUT2D eigenvalue weighted by molar-refractivity contribution is -1.03. The Balaban J connectivity index is 1.54. The lowest BCUT2D eigenvalue weighted by Crippen LogP contribution is -3.28. The summed E-state index contributed by atoms with van der Waals surface area (Å²) in [6.07, 6.45) is 2.26. The van der Waals surface area contributed by atoms with E-state index in [-0.39, 0.29) is 0 Å². The van der Waals surface area contributed by atoms with Gasteiger partial charge in [0.2, 0.25) is 0 Å². The number of hydrogen-bond acceptors (Lipinski definition) is 2. The Morgan fingerprint density at radius 2 is 1.89 bits per heavy atom. The van der Waals surface area contributed by atoms with E-state index in [0.29, 0.717) is 6.04 Å². The number of hydrogen-bond donors (Lipinski definition) is 2. The van der Waals surface area contributed by atoms with E-state index in [4.69, 9.17) is 16.3 Å². The first kappa shape index (κ1) is 19.3. The summed E-state index contributed by atoms with van der Waals surface area (Å²) in [5, 5.41) is 0.855. The molecule has 2 N–H and O–H groups in total. The second-order valence-electron chi connectivity index (χ2n) is 7.65. The van der Waals surface area contributed by atoms with Crippen molar-refractivity contribution in [2.75, 3.05) is 46.4 Å². The van der Waals surface area contributed by atoms with Gasteiger partial charge in [0.15, 0.2) is 0 Å². The number of piperazine rings is 1. The molecule has 0 spiro atoms. The van der Waals surface area contributed by atoms with Crippen LogP contribution in [0.25, 0.3) is 0 Å². The predicted octanol–water partition coefficient (Wildman–Crippen LogP) is 1.91. The van der Waals surface area contributed by atoms with Crippen LogP contribution in [0.15, 0.2) is 52.3 Å². The minimum Gasteiger partial charge on any atom is -0.384 e. The first-order valence-electron chi connectivity index (χ1n) is 9.97. The summed E-state index contributed by atoms with van der Waals surface area (Å²) in [5.41, 5.74) is 2.91. The van der Waals surface area contributed by atoms with E-state index < -0.39 is 0 Å². The number of methoxy groups -OCH3 is 1. The summed E-state index contributed by atoms with van der Waals surface area (Å²) in [4.78, 5) is 6.21. The second kappa shape index (κ2) is 8.97. The zero-order chi connectivity index (χ0) is 18.6. The van der Waals surface area contributed by atoms with Crippen LogP contribution < -0.4 is 9.80 Å². The monoisotopic (exact) mass is 404 g/mol. The van der Waals surface area contributed by atoms with E-state index in [1.807, 2.05) is 17.8 Å². The molecule has 0 saturated carbocycles. The largest absolute Gasteiger partial charge is 0.384 e. The zero-order valence-corrected chi connectivity index (χ0v) is 17.5. The van der Waals surface area contributed by atoms with Crippen LogP contribution in [0.3, 0.4) is 0 Å². The fourth-order valence-corrected chi connectivity index (χ4v) is 5.76. The molecular weight excluding hydrogens is 376 g/mol. The summed E-state index contributed by atoms with van der Waals surface area (Å²) in [6, 6.07) is 15.8. The summed E-state index contributed by atoms with van der Waals surface area (Å²) in [6.45, 7) is 7.06. The van der Waals surface area contributed by atoms with Gasteiger partial charge in [0.25, 0.3) is 0 Å². The van der Waals surface area contributed by atoms with Crippen molar-refractivity contribution < 1.29 is 14.5 Å². The van der Waals surface area contributed by atoms with Crippen molar-refractivity contribution in [3.05, 3.63) is 58.6 Å². The third-order valence-electron chi connectivity index (χ3n) is 5.93. The highest BCUT2D eigenvalue weighted by Crippen LogP contribution is 2.40. The van der Waals surface area contributed by atoms with Crippen molar-refractivity contribution in [1.29, 1.82) is 0 Å². The highest BCUT2D eigenvalue weighted by Gasteiger charge is 2.34. The third kappa shape index (κ3) is 4.52. The number of rotatable bonds is 5. The van der Waals surface area contributed by atoms with Crippen LogP contribution in [0.2, 0.25) is 5.02 Å². The van der Waals surface area contributed by atoms with Gasteiger partial charge in [0.1, 0.15) is 32.2 Å². The fourth-order valence-electron chi connectivity index (χ4n) is 4.46. The van der Waals surface area contributed by atoms with E-state index in [9.17, 15) is 0 Å². The number of quaternary nitrogens is 2. The van der Waals surface area contributed by atoms with E-state index in [0.717, 1.165) is 24.5 Å². The van der Waals surface area contributed by atoms with Gasteiger partial charge in [-0.25, -0.2) is 0 Å². The van der Waals surface area contributed by atoms with Crippen LogP contribution >= 0.6 is 23.4 Å². The Bertz CT molecular complexity index is 777. The maximum atomic E-state index is 6.41. The first-order valence-corrected chi connectivity index (χ1v) is 11.2. The molecule has 2 heterocycles. The van der Waals surface area contributed by atoms with Crippen LogP contribution in [-0.2, 0) is 11.2 Å². The Labute approximate surface area is 171 Å². The standard InChI is InChI=1S/C22H27ClN2OS/c1-26-14-4-9-24-10-12-25(13-11-24)20-15-17-5-2-3-6-21(17)27-22-8-7-18(23)16-19(20)22/h2-3,5-8,16,20H,4,9-15H2,1H3/p+2/t20-/m0/s1. The minimum absolute atomic E-state index is 0.496. The molecule has 1 fully saturated rings. The highest BCUT2D eigenvalue weighted by atomic mass is 35.5. The van der Waals surface area contributed by atoms with Gasteiger partial charge in [0, 0.05) is 40.3 Å². The minimum atomic E-state index is 0.496. The smallest absolute Gasteiger partial charge is 0.128 e. The van der Waals surface area contributed by atoms with Crippen LogP contribution in [0.1, 0.15) is 23.6 Å². The van der Waals surface area contributed by atoms with E-state index in [1.165, 1.54) is 53.6 Å². The molecule has 0 bridgehead atoms. The maximum Gasteiger partial charge on any atom is 0.128 e. The van der Waals surface area contributed by atoms with Gasteiger partial charge >= 0.3 is 0 Å². The quantitative estimate of drug-likeness (QED) is 0.741. The topological polar surface area (TPSA) is 18.1 Å². The second-order valence-corrected chi connectivity index (χ2v) is 9.17. The van der Waals surface area contributed by atoms with Gasteiger partial charge in [-0.05, 0) is 29.8 Å². The number of ether oxygens (including phenoxy) is 1. The molecule has 1 atom stereocenters. The SMILES string of the molecule is COCCC[NH+]1CC[NH+]([C@H]2Cc3ccccc3Sc3ccc(Cl)cc32)CC1. The zero-order valence-electron chi connectivity index (χ0n) is 16.0. The molecule has 1 saturated heterocycles. The number of nitrogens with one attached hydrogen (secondary N) is 2. The third-order valence-corrected chi connectivity index (χ3v) is 7.38. The van der Waals surface area contributed by atoms with Gasteiger partial charge < -0.3 is 14.5 Å². The summed E-state index contributed by atoms with van der Waals surface area (Å²) in [5.74, 6) is 0. The number of halogens is 1. The van der Waals surface area contributed by atoms with Crippen molar-refractivity contribution in [1.82, 2.24) is 0 Å².